The number of carbonyl (C=O) groups is 1. The summed E-state index contributed by atoms with van der Waals surface area (Å²) < 4.78 is 0.917. The molecule has 2 aromatic rings. The summed E-state index contributed by atoms with van der Waals surface area (Å²) in [5.74, 6) is -0.289. The molecule has 0 aliphatic heterocycles. The Labute approximate surface area is 146 Å². The van der Waals surface area contributed by atoms with E-state index in [0.29, 0.717) is 11.4 Å². The largest absolute Gasteiger partial charge is 0.375 e. The summed E-state index contributed by atoms with van der Waals surface area (Å²) in [7, 11) is 0. The number of nitro benzene ring substituents is 1. The Hall–Kier alpha value is -2.92. The summed E-state index contributed by atoms with van der Waals surface area (Å²) in [4.78, 5) is 22.2. The number of halogens is 1. The highest BCUT2D eigenvalue weighted by Crippen LogP contribution is 2.22. The van der Waals surface area contributed by atoms with Gasteiger partial charge >= 0.3 is 0 Å². The number of nitrogens with zero attached hydrogens (tertiary/aromatic N) is 2. The van der Waals surface area contributed by atoms with Crippen LogP contribution in [-0.2, 0) is 4.79 Å². The van der Waals surface area contributed by atoms with Gasteiger partial charge in [-0.05, 0) is 36.8 Å². The first kappa shape index (κ1) is 17.4. The van der Waals surface area contributed by atoms with Gasteiger partial charge in [-0.3, -0.25) is 14.9 Å². The Balaban J connectivity index is 2.04. The molecule has 0 saturated heterocycles. The first-order chi connectivity index (χ1) is 11.4. The molecule has 2 N–H and O–H groups in total. The maximum Gasteiger partial charge on any atom is 0.270 e. The standard InChI is InChI=1S/C16H13BrN4O3/c1-10-6-12(17)2-4-14(10)20-16(22)9-19-15-5-3-13(21(23)24)7-11(15)8-18/h2-7,19H,9H2,1H3,(H,20,22). The number of hydrogen-bond donors (Lipinski definition) is 2. The molecule has 0 bridgehead atoms. The minimum absolute atomic E-state index is 0.0675. The molecule has 0 aliphatic rings. The van der Waals surface area contributed by atoms with Crippen molar-refractivity contribution in [2.45, 2.75) is 6.92 Å². The monoisotopic (exact) mass is 388 g/mol. The number of rotatable bonds is 5. The highest BCUT2D eigenvalue weighted by molar-refractivity contribution is 9.10. The first-order valence-corrected chi connectivity index (χ1v) is 7.68. The molecule has 0 saturated carbocycles. The number of hydrogen-bond acceptors (Lipinski definition) is 5. The minimum Gasteiger partial charge on any atom is -0.375 e. The Kier molecular flexibility index (Phi) is 5.50. The lowest BCUT2D eigenvalue weighted by Crippen LogP contribution is -2.22. The Morgan fingerprint density at radius 1 is 1.29 bits per heavy atom. The molecule has 122 valence electrons. The van der Waals surface area contributed by atoms with Crippen molar-refractivity contribution in [2.75, 3.05) is 17.2 Å². The van der Waals surface area contributed by atoms with Gasteiger partial charge < -0.3 is 10.6 Å². The zero-order valence-corrected chi connectivity index (χ0v) is 14.3. The van der Waals surface area contributed by atoms with E-state index in [1.165, 1.54) is 18.2 Å². The predicted octanol–water partition coefficient (Wildman–Crippen LogP) is 3.59. The summed E-state index contributed by atoms with van der Waals surface area (Å²) in [6, 6.07) is 11.2. The maximum atomic E-state index is 12.0. The SMILES string of the molecule is Cc1cc(Br)ccc1NC(=O)CNc1ccc([N+](=O)[O-])cc1C#N. The topological polar surface area (TPSA) is 108 Å². The van der Waals surface area contributed by atoms with Crippen molar-refractivity contribution in [1.29, 1.82) is 5.26 Å². The second-order valence-electron chi connectivity index (χ2n) is 4.96. The zero-order chi connectivity index (χ0) is 17.7. The normalized spacial score (nSPS) is 9.88. The van der Waals surface area contributed by atoms with Crippen LogP contribution in [0, 0.1) is 28.4 Å². The van der Waals surface area contributed by atoms with Crippen molar-refractivity contribution in [2.24, 2.45) is 0 Å². The van der Waals surface area contributed by atoms with Gasteiger partial charge in [-0.15, -0.1) is 0 Å². The molecule has 8 heteroatoms. The van der Waals surface area contributed by atoms with Crippen LogP contribution in [0.4, 0.5) is 17.1 Å². The van der Waals surface area contributed by atoms with Crippen LogP contribution in [0.15, 0.2) is 40.9 Å². The van der Waals surface area contributed by atoms with E-state index < -0.39 is 4.92 Å². The molecule has 2 rings (SSSR count). The van der Waals surface area contributed by atoms with Crippen molar-refractivity contribution >= 4 is 38.9 Å². The summed E-state index contributed by atoms with van der Waals surface area (Å²) in [6.45, 7) is 1.81. The van der Waals surface area contributed by atoms with Crippen LogP contribution in [0.1, 0.15) is 11.1 Å². The quantitative estimate of drug-likeness (QED) is 0.600. The Morgan fingerprint density at radius 3 is 2.62 bits per heavy atom. The maximum absolute atomic E-state index is 12.0. The molecular weight excluding hydrogens is 376 g/mol. The second-order valence-corrected chi connectivity index (χ2v) is 5.88. The van der Waals surface area contributed by atoms with Crippen molar-refractivity contribution in [3.63, 3.8) is 0 Å². The number of anilines is 2. The molecule has 0 spiro atoms. The highest BCUT2D eigenvalue weighted by Gasteiger charge is 2.12. The molecule has 24 heavy (non-hydrogen) atoms. The lowest BCUT2D eigenvalue weighted by Gasteiger charge is -2.11. The van der Waals surface area contributed by atoms with E-state index in [2.05, 4.69) is 26.6 Å². The lowest BCUT2D eigenvalue weighted by molar-refractivity contribution is -0.384. The van der Waals surface area contributed by atoms with Gasteiger partial charge in [0.05, 0.1) is 22.7 Å². The average Bonchev–Trinajstić information content (AvgIpc) is 2.55. The number of nitro groups is 1. The Bertz CT molecular complexity index is 846. The van der Waals surface area contributed by atoms with Crippen LogP contribution in [-0.4, -0.2) is 17.4 Å². The van der Waals surface area contributed by atoms with Crippen LogP contribution in [0.5, 0.6) is 0 Å². The van der Waals surface area contributed by atoms with Gasteiger partial charge in [0, 0.05) is 22.3 Å². The summed E-state index contributed by atoms with van der Waals surface area (Å²) in [6.07, 6.45) is 0. The van der Waals surface area contributed by atoms with E-state index in [1.54, 1.807) is 6.07 Å². The number of carbonyl (C=O) groups excluding carboxylic acids is 1. The van der Waals surface area contributed by atoms with E-state index in [9.17, 15) is 14.9 Å². The van der Waals surface area contributed by atoms with Gasteiger partial charge in [-0.25, -0.2) is 0 Å². The number of nitrogens with one attached hydrogen (secondary N) is 2. The lowest BCUT2D eigenvalue weighted by atomic mass is 10.1. The smallest absolute Gasteiger partial charge is 0.270 e. The molecule has 0 aliphatic carbocycles. The van der Waals surface area contributed by atoms with Crippen molar-refractivity contribution in [3.05, 3.63) is 62.1 Å². The average molecular weight is 389 g/mol. The number of nitriles is 1. The summed E-state index contributed by atoms with van der Waals surface area (Å²) in [5.41, 5.74) is 1.90. The molecule has 0 aromatic heterocycles. The molecule has 0 atom stereocenters. The molecule has 1 amide bonds. The van der Waals surface area contributed by atoms with E-state index in [1.807, 2.05) is 25.1 Å². The van der Waals surface area contributed by atoms with Crippen molar-refractivity contribution in [1.82, 2.24) is 0 Å². The molecular formula is C16H13BrN4O3. The first-order valence-electron chi connectivity index (χ1n) is 6.89. The summed E-state index contributed by atoms with van der Waals surface area (Å²) in [5, 5.41) is 25.4. The van der Waals surface area contributed by atoms with Crippen LogP contribution >= 0.6 is 15.9 Å². The van der Waals surface area contributed by atoms with E-state index in [-0.39, 0.29) is 23.7 Å². The predicted molar refractivity (Wildman–Crippen MR) is 93.8 cm³/mol. The van der Waals surface area contributed by atoms with Crippen LogP contribution < -0.4 is 10.6 Å². The third-order valence-corrected chi connectivity index (χ3v) is 3.73. The van der Waals surface area contributed by atoms with Gasteiger partial charge in [0.1, 0.15) is 6.07 Å². The molecule has 7 nitrogen and oxygen atoms in total. The number of amides is 1. The van der Waals surface area contributed by atoms with E-state index in [4.69, 9.17) is 5.26 Å². The number of aryl methyl sites for hydroxylation is 1. The molecule has 0 radical (unpaired) electrons. The Morgan fingerprint density at radius 2 is 2.00 bits per heavy atom. The molecule has 0 heterocycles. The second kappa shape index (κ2) is 7.57. The fourth-order valence-corrected chi connectivity index (χ4v) is 2.51. The number of non-ortho nitro benzene ring substituents is 1. The third kappa shape index (κ3) is 4.30. The third-order valence-electron chi connectivity index (χ3n) is 3.24. The van der Waals surface area contributed by atoms with Crippen LogP contribution in [0.3, 0.4) is 0 Å². The molecule has 0 fully saturated rings. The van der Waals surface area contributed by atoms with Gasteiger partial charge in [-0.2, -0.15) is 5.26 Å². The van der Waals surface area contributed by atoms with Gasteiger partial charge in [-0.1, -0.05) is 15.9 Å². The van der Waals surface area contributed by atoms with Gasteiger partial charge in [0.15, 0.2) is 0 Å². The zero-order valence-electron chi connectivity index (χ0n) is 12.7. The van der Waals surface area contributed by atoms with Gasteiger partial charge in [0.25, 0.3) is 5.69 Å². The fourth-order valence-electron chi connectivity index (χ4n) is 2.03. The van der Waals surface area contributed by atoms with E-state index >= 15 is 0 Å². The molecule has 2 aromatic carbocycles. The van der Waals surface area contributed by atoms with Crippen molar-refractivity contribution in [3.8, 4) is 6.07 Å². The van der Waals surface area contributed by atoms with Crippen molar-refractivity contribution < 1.29 is 9.72 Å². The van der Waals surface area contributed by atoms with Crippen LogP contribution in [0.2, 0.25) is 0 Å². The summed E-state index contributed by atoms with van der Waals surface area (Å²) >= 11 is 3.35. The fraction of sp³-hybridized carbons (Fsp3) is 0.125. The highest BCUT2D eigenvalue weighted by atomic mass is 79.9. The van der Waals surface area contributed by atoms with E-state index in [0.717, 1.165) is 10.0 Å². The number of benzene rings is 2. The van der Waals surface area contributed by atoms with Gasteiger partial charge in [0.2, 0.25) is 5.91 Å². The minimum atomic E-state index is -0.576. The van der Waals surface area contributed by atoms with Crippen LogP contribution in [0.25, 0.3) is 0 Å². The molecule has 0 unspecified atom stereocenters.